The molecule has 65 heavy (non-hydrogen) atoms. The molecule has 6 heterocycles. The Balaban J connectivity index is 0.000000135. The van der Waals surface area contributed by atoms with Crippen molar-refractivity contribution in [2.24, 2.45) is 0 Å². The molecule has 4 aromatic carbocycles. The standard InChI is InChI=1S/3C11H14O3.C10H12O2.C8H10O3/c1-8-7-13-11(14-8)9-3-5-10(12-2)6-4-9;1-8-7-13-11(14-8)9-4-3-5-10(6-9)12-2;1-8-7-13-11(14-8)9-5-3-4-6-10(9)12-2;1-8-7-11-10(12-8)9-5-3-2-4-6-9;1-6-5-10-8(11-6)7-3-2-4-9-7/h3*3-6,8,11H,7H2,1-2H3;2-6,8,10H,7H2,1H3;2-4,6,8H,5H2,1H3. The summed E-state index contributed by atoms with van der Waals surface area (Å²) in [6.07, 6.45) is 1.35. The van der Waals surface area contributed by atoms with Gasteiger partial charge >= 0.3 is 0 Å². The van der Waals surface area contributed by atoms with Crippen LogP contribution in [0.15, 0.2) is 126 Å². The fourth-order valence-corrected chi connectivity index (χ4v) is 6.84. The Morgan fingerprint density at radius 2 is 0.846 bits per heavy atom. The largest absolute Gasteiger partial charge is 0.497 e. The first kappa shape index (κ1) is 49.6. The highest BCUT2D eigenvalue weighted by atomic mass is 16.7. The van der Waals surface area contributed by atoms with Crippen LogP contribution in [0, 0.1) is 0 Å². The third kappa shape index (κ3) is 15.4. The Hall–Kier alpha value is -4.84. The Morgan fingerprint density at radius 3 is 1.32 bits per heavy atom. The van der Waals surface area contributed by atoms with E-state index < -0.39 is 0 Å². The van der Waals surface area contributed by atoms with Crippen LogP contribution in [0.5, 0.6) is 17.2 Å². The summed E-state index contributed by atoms with van der Waals surface area (Å²) >= 11 is 0. The topological polar surface area (TPSA) is 133 Å². The smallest absolute Gasteiger partial charge is 0.217 e. The molecular weight excluding hydrogens is 837 g/mol. The monoisotopic (exact) mass is 900 g/mol. The molecule has 0 saturated carbocycles. The van der Waals surface area contributed by atoms with Crippen LogP contribution in [0.25, 0.3) is 0 Å². The molecular formula is C51H64O14. The number of rotatable bonds is 8. The molecule has 0 spiro atoms. The molecule has 5 saturated heterocycles. The Morgan fingerprint density at radius 1 is 0.385 bits per heavy atom. The molecule has 0 radical (unpaired) electrons. The van der Waals surface area contributed by atoms with E-state index in [2.05, 4.69) is 0 Å². The van der Waals surface area contributed by atoms with Crippen molar-refractivity contribution in [1.29, 1.82) is 0 Å². The van der Waals surface area contributed by atoms with Crippen LogP contribution in [-0.4, -0.2) is 84.9 Å². The van der Waals surface area contributed by atoms with Crippen LogP contribution >= 0.6 is 0 Å². The van der Waals surface area contributed by atoms with Gasteiger partial charge in [-0.25, -0.2) is 0 Å². The highest BCUT2D eigenvalue weighted by Gasteiger charge is 2.28. The van der Waals surface area contributed by atoms with Gasteiger partial charge in [-0.15, -0.1) is 0 Å². The van der Waals surface area contributed by atoms with Gasteiger partial charge in [0.15, 0.2) is 30.9 Å². The van der Waals surface area contributed by atoms with Crippen LogP contribution in [0.1, 0.15) is 94.1 Å². The van der Waals surface area contributed by atoms with E-state index in [1.165, 1.54) is 0 Å². The van der Waals surface area contributed by atoms with Crippen molar-refractivity contribution < 1.29 is 66.0 Å². The summed E-state index contributed by atoms with van der Waals surface area (Å²) in [6, 6.07) is 36.9. The molecule has 352 valence electrons. The maximum absolute atomic E-state index is 5.59. The fraction of sp³-hybridized carbons (Fsp3) is 0.451. The zero-order valence-electron chi connectivity index (χ0n) is 38.6. The lowest BCUT2D eigenvalue weighted by molar-refractivity contribution is -0.0711. The minimum absolute atomic E-state index is 0.152. The maximum atomic E-state index is 5.59. The van der Waals surface area contributed by atoms with E-state index in [1.807, 2.05) is 150 Å². The van der Waals surface area contributed by atoms with E-state index >= 15 is 0 Å². The lowest BCUT2D eigenvalue weighted by Crippen LogP contribution is -2.03. The van der Waals surface area contributed by atoms with E-state index in [9.17, 15) is 0 Å². The van der Waals surface area contributed by atoms with Crippen molar-refractivity contribution in [1.82, 2.24) is 0 Å². The van der Waals surface area contributed by atoms with E-state index in [-0.39, 0.29) is 62.0 Å². The molecule has 10 rings (SSSR count). The lowest BCUT2D eigenvalue weighted by atomic mass is 10.2. The maximum Gasteiger partial charge on any atom is 0.217 e. The minimum Gasteiger partial charge on any atom is -0.497 e. The summed E-state index contributed by atoms with van der Waals surface area (Å²) in [7, 11) is 4.95. The molecule has 14 heteroatoms. The molecule has 5 aliphatic rings. The lowest BCUT2D eigenvalue weighted by Gasteiger charge is -2.13. The SMILES string of the molecule is CC1COC(c2ccccc2)O1.CC1COC(c2ccco2)O1.COc1ccc(C2OCC(C)O2)cc1.COc1cccc(C2OCC(C)O2)c1.COc1ccccc1C1OCC(C)O1. The summed E-state index contributed by atoms with van der Waals surface area (Å²) in [6.45, 7) is 13.3. The molecule has 0 aliphatic carbocycles. The molecule has 0 N–H and O–H groups in total. The summed E-state index contributed by atoms with van der Waals surface area (Å²) in [5.74, 6) is 3.23. The minimum atomic E-state index is -0.292. The van der Waals surface area contributed by atoms with E-state index in [0.29, 0.717) is 33.0 Å². The second-order valence-electron chi connectivity index (χ2n) is 15.8. The van der Waals surface area contributed by atoms with E-state index in [1.54, 1.807) is 27.6 Å². The van der Waals surface area contributed by atoms with Crippen LogP contribution < -0.4 is 14.2 Å². The molecule has 0 bridgehead atoms. The van der Waals surface area contributed by atoms with Crippen molar-refractivity contribution in [2.45, 2.75) is 96.6 Å². The highest BCUT2D eigenvalue weighted by Crippen LogP contribution is 2.33. The summed E-state index contributed by atoms with van der Waals surface area (Å²) in [4.78, 5) is 0. The van der Waals surface area contributed by atoms with Gasteiger partial charge in [0.25, 0.3) is 0 Å². The second kappa shape index (κ2) is 25.7. The summed E-state index contributed by atoms with van der Waals surface area (Å²) in [5.41, 5.74) is 4.10. The number of furan rings is 1. The van der Waals surface area contributed by atoms with Gasteiger partial charge in [0.05, 0.1) is 91.1 Å². The van der Waals surface area contributed by atoms with Crippen molar-refractivity contribution in [3.8, 4) is 17.2 Å². The van der Waals surface area contributed by atoms with Gasteiger partial charge < -0.3 is 66.0 Å². The first-order valence-corrected chi connectivity index (χ1v) is 22.0. The number of ether oxygens (including phenoxy) is 13. The van der Waals surface area contributed by atoms with Crippen LogP contribution in [0.3, 0.4) is 0 Å². The zero-order chi connectivity index (χ0) is 46.0. The normalized spacial score (nSPS) is 27.7. The quantitative estimate of drug-likeness (QED) is 0.146. The Labute approximate surface area is 382 Å². The summed E-state index contributed by atoms with van der Waals surface area (Å²) < 4.78 is 75.3. The van der Waals surface area contributed by atoms with Gasteiger partial charge in [-0.2, -0.15) is 0 Å². The predicted octanol–water partition coefficient (Wildman–Crippen LogP) is 10.2. The number of methoxy groups -OCH3 is 3. The molecule has 5 aromatic rings. The number of para-hydroxylation sites is 1. The Kier molecular flexibility index (Phi) is 19.6. The van der Waals surface area contributed by atoms with Gasteiger partial charge in [-0.1, -0.05) is 72.8 Å². The molecule has 5 fully saturated rings. The number of hydrogen-bond donors (Lipinski definition) is 0. The fourth-order valence-electron chi connectivity index (χ4n) is 6.84. The third-order valence-corrected chi connectivity index (χ3v) is 10.2. The average Bonchev–Trinajstić information content (AvgIpc) is 4.22. The highest BCUT2D eigenvalue weighted by molar-refractivity contribution is 5.34. The first-order valence-electron chi connectivity index (χ1n) is 22.0. The van der Waals surface area contributed by atoms with E-state index in [0.717, 1.165) is 45.3 Å². The van der Waals surface area contributed by atoms with Gasteiger partial charge in [0.2, 0.25) is 6.29 Å². The molecule has 1 aromatic heterocycles. The van der Waals surface area contributed by atoms with Crippen LogP contribution in [0.2, 0.25) is 0 Å². The molecule has 10 unspecified atom stereocenters. The van der Waals surface area contributed by atoms with Crippen molar-refractivity contribution in [3.05, 3.63) is 150 Å². The van der Waals surface area contributed by atoms with Crippen molar-refractivity contribution in [2.75, 3.05) is 54.4 Å². The van der Waals surface area contributed by atoms with Gasteiger partial charge in [-0.3, -0.25) is 0 Å². The van der Waals surface area contributed by atoms with Crippen molar-refractivity contribution in [3.63, 3.8) is 0 Å². The third-order valence-electron chi connectivity index (χ3n) is 10.2. The predicted molar refractivity (Wildman–Crippen MR) is 240 cm³/mol. The molecule has 10 atom stereocenters. The van der Waals surface area contributed by atoms with Crippen LogP contribution in [0.4, 0.5) is 0 Å². The van der Waals surface area contributed by atoms with Crippen molar-refractivity contribution >= 4 is 0 Å². The number of benzene rings is 4. The summed E-state index contributed by atoms with van der Waals surface area (Å²) in [5, 5.41) is 0. The Bertz CT molecular complexity index is 2070. The first-order chi connectivity index (χ1) is 31.6. The van der Waals surface area contributed by atoms with E-state index in [4.69, 9.17) is 66.0 Å². The second-order valence-corrected chi connectivity index (χ2v) is 15.8. The van der Waals surface area contributed by atoms with Gasteiger partial charge in [0.1, 0.15) is 17.2 Å². The zero-order valence-corrected chi connectivity index (χ0v) is 38.6. The van der Waals surface area contributed by atoms with Gasteiger partial charge in [-0.05, 0) is 77.1 Å². The van der Waals surface area contributed by atoms with Gasteiger partial charge in [0, 0.05) is 22.3 Å². The molecule has 14 nitrogen and oxygen atoms in total. The molecule has 5 aliphatic heterocycles. The average molecular weight is 901 g/mol. The molecule has 0 amide bonds. The van der Waals surface area contributed by atoms with Crippen LogP contribution in [-0.2, 0) is 47.4 Å². The number of hydrogen-bond acceptors (Lipinski definition) is 14.